The third kappa shape index (κ3) is 3.29. The van der Waals surface area contributed by atoms with E-state index >= 15 is 0 Å². The third-order valence-electron chi connectivity index (χ3n) is 4.22. The average molecular weight is 277 g/mol. The number of rotatable bonds is 6. The Morgan fingerprint density at radius 3 is 2.65 bits per heavy atom. The maximum absolute atomic E-state index is 9.58. The summed E-state index contributed by atoms with van der Waals surface area (Å²) < 4.78 is 0. The molecule has 5 N–H and O–H groups in total. The van der Waals surface area contributed by atoms with Gasteiger partial charge in [0.2, 0.25) is 0 Å². The monoisotopic (exact) mass is 277 g/mol. The highest BCUT2D eigenvalue weighted by molar-refractivity contribution is 5.98. The van der Waals surface area contributed by atoms with Crippen LogP contribution < -0.4 is 11.1 Å². The van der Waals surface area contributed by atoms with Crippen molar-refractivity contribution in [3.05, 3.63) is 35.4 Å². The normalized spacial score (nSPS) is 18.4. The number of hydrogen-bond donors (Lipinski definition) is 4. The van der Waals surface area contributed by atoms with Crippen LogP contribution in [-0.4, -0.2) is 29.3 Å². The summed E-state index contributed by atoms with van der Waals surface area (Å²) in [5.74, 6) is 0.125. The van der Waals surface area contributed by atoms with E-state index in [4.69, 9.17) is 10.9 Å². The molecule has 1 saturated carbocycles. The molecular weight excluding hydrogens is 254 g/mol. The number of aliphatic hydroxyl groups excluding tert-OH is 1. The zero-order chi connectivity index (χ0) is 14.4. The molecule has 1 aliphatic rings. The second kappa shape index (κ2) is 6.72. The lowest BCUT2D eigenvalue weighted by molar-refractivity contribution is 0.128. The Morgan fingerprint density at radius 2 is 2.00 bits per heavy atom. The molecule has 0 saturated heterocycles. The average Bonchev–Trinajstić information content (AvgIpc) is 2.96. The highest BCUT2D eigenvalue weighted by Gasteiger charge is 2.32. The topological polar surface area (TPSA) is 90.9 Å². The Labute approximate surface area is 119 Å². The highest BCUT2D eigenvalue weighted by atomic mass is 16.4. The van der Waals surface area contributed by atoms with E-state index in [9.17, 15) is 5.11 Å². The molecule has 0 radical (unpaired) electrons. The van der Waals surface area contributed by atoms with E-state index < -0.39 is 0 Å². The molecule has 0 spiro atoms. The minimum absolute atomic E-state index is 0.0333. The van der Waals surface area contributed by atoms with E-state index in [0.29, 0.717) is 6.54 Å². The number of nitrogens with zero attached hydrogens (tertiary/aromatic N) is 1. The molecule has 1 aliphatic carbocycles. The van der Waals surface area contributed by atoms with Crippen molar-refractivity contribution in [2.45, 2.75) is 32.2 Å². The van der Waals surface area contributed by atoms with Crippen molar-refractivity contribution < 1.29 is 10.3 Å². The Balaban J connectivity index is 1.97. The van der Waals surface area contributed by atoms with Crippen molar-refractivity contribution in [1.82, 2.24) is 5.32 Å². The van der Waals surface area contributed by atoms with Gasteiger partial charge in [-0.25, -0.2) is 0 Å². The summed E-state index contributed by atoms with van der Waals surface area (Å²) in [7, 11) is 0. The van der Waals surface area contributed by atoms with Crippen LogP contribution in [0.15, 0.2) is 29.4 Å². The first-order valence-corrected chi connectivity index (χ1v) is 7.08. The second-order valence-electron chi connectivity index (χ2n) is 5.61. The summed E-state index contributed by atoms with van der Waals surface area (Å²) in [5, 5.41) is 24.8. The number of nitrogens with one attached hydrogen (secondary N) is 1. The van der Waals surface area contributed by atoms with Crippen molar-refractivity contribution in [2.75, 3.05) is 13.2 Å². The maximum atomic E-state index is 9.58. The quantitative estimate of drug-likeness (QED) is 0.274. The predicted molar refractivity (Wildman–Crippen MR) is 78.6 cm³/mol. The van der Waals surface area contributed by atoms with Crippen molar-refractivity contribution in [3.8, 4) is 0 Å². The second-order valence-corrected chi connectivity index (χ2v) is 5.61. The molecule has 5 nitrogen and oxygen atoms in total. The van der Waals surface area contributed by atoms with Gasteiger partial charge in [0.05, 0.1) is 0 Å². The molecule has 2 rings (SSSR count). The number of aliphatic hydroxyl groups is 1. The molecule has 5 heteroatoms. The van der Waals surface area contributed by atoms with Crippen molar-refractivity contribution in [3.63, 3.8) is 0 Å². The lowest BCUT2D eigenvalue weighted by Gasteiger charge is -2.27. The Hall–Kier alpha value is -1.59. The van der Waals surface area contributed by atoms with Gasteiger partial charge < -0.3 is 21.4 Å². The predicted octanol–water partition coefficient (Wildman–Crippen LogP) is 1.42. The van der Waals surface area contributed by atoms with Crippen LogP contribution in [0.25, 0.3) is 0 Å². The maximum Gasteiger partial charge on any atom is 0.170 e. The fourth-order valence-corrected chi connectivity index (χ4v) is 2.96. The lowest BCUT2D eigenvalue weighted by atomic mass is 9.87. The SMILES string of the molecule is N/C(=N/O)c1ccccc1CNCC1(CO)CCCC1. The molecule has 0 unspecified atom stereocenters. The third-order valence-corrected chi connectivity index (χ3v) is 4.22. The summed E-state index contributed by atoms with van der Waals surface area (Å²) >= 11 is 0. The van der Waals surface area contributed by atoms with E-state index in [1.165, 1.54) is 12.8 Å². The smallest absolute Gasteiger partial charge is 0.170 e. The van der Waals surface area contributed by atoms with Crippen LogP contribution in [0.4, 0.5) is 0 Å². The Kier molecular flexibility index (Phi) is 4.98. The first-order valence-electron chi connectivity index (χ1n) is 7.08. The van der Waals surface area contributed by atoms with Gasteiger partial charge in [0, 0.05) is 30.7 Å². The van der Waals surface area contributed by atoms with Gasteiger partial charge in [0.25, 0.3) is 0 Å². The zero-order valence-electron chi connectivity index (χ0n) is 11.7. The minimum Gasteiger partial charge on any atom is -0.409 e. The first-order chi connectivity index (χ1) is 9.71. The van der Waals surface area contributed by atoms with E-state index in [1.807, 2.05) is 24.3 Å². The fourth-order valence-electron chi connectivity index (χ4n) is 2.96. The number of amidine groups is 1. The molecule has 0 aliphatic heterocycles. The van der Waals surface area contributed by atoms with Gasteiger partial charge in [-0.1, -0.05) is 42.3 Å². The van der Waals surface area contributed by atoms with Crippen molar-refractivity contribution in [2.24, 2.45) is 16.3 Å². The van der Waals surface area contributed by atoms with Gasteiger partial charge in [0.1, 0.15) is 0 Å². The highest BCUT2D eigenvalue weighted by Crippen LogP contribution is 2.36. The molecule has 1 aromatic carbocycles. The van der Waals surface area contributed by atoms with Gasteiger partial charge in [-0.2, -0.15) is 0 Å². The van der Waals surface area contributed by atoms with Crippen LogP contribution in [0.3, 0.4) is 0 Å². The van der Waals surface area contributed by atoms with Crippen LogP contribution in [-0.2, 0) is 6.54 Å². The minimum atomic E-state index is 0.0333. The summed E-state index contributed by atoms with van der Waals surface area (Å²) in [6, 6.07) is 7.59. The summed E-state index contributed by atoms with van der Waals surface area (Å²) in [6.45, 7) is 1.68. The molecule has 0 aromatic heterocycles. The van der Waals surface area contributed by atoms with Crippen molar-refractivity contribution >= 4 is 5.84 Å². The van der Waals surface area contributed by atoms with E-state index in [1.54, 1.807) is 0 Å². The van der Waals surface area contributed by atoms with Crippen LogP contribution in [0.2, 0.25) is 0 Å². The van der Waals surface area contributed by atoms with Gasteiger partial charge in [-0.3, -0.25) is 0 Å². The first kappa shape index (κ1) is 14.8. The van der Waals surface area contributed by atoms with Gasteiger partial charge in [0.15, 0.2) is 5.84 Å². The standard InChI is InChI=1S/C15H23N3O2/c16-14(18-20)13-6-2-1-5-12(13)9-17-10-15(11-19)7-3-4-8-15/h1-2,5-6,17,19-20H,3-4,7-11H2,(H2,16,18). The van der Waals surface area contributed by atoms with Gasteiger partial charge >= 0.3 is 0 Å². The number of nitrogens with two attached hydrogens (primary N) is 1. The number of oxime groups is 1. The largest absolute Gasteiger partial charge is 0.409 e. The zero-order valence-corrected chi connectivity index (χ0v) is 11.7. The summed E-state index contributed by atoms with van der Waals surface area (Å²) in [5.41, 5.74) is 7.44. The van der Waals surface area contributed by atoms with E-state index in [2.05, 4.69) is 10.5 Å². The van der Waals surface area contributed by atoms with Crippen LogP contribution >= 0.6 is 0 Å². The molecule has 0 atom stereocenters. The Morgan fingerprint density at radius 1 is 1.30 bits per heavy atom. The molecule has 0 bridgehead atoms. The van der Waals surface area contributed by atoms with Gasteiger partial charge in [-0.05, 0) is 18.4 Å². The van der Waals surface area contributed by atoms with E-state index in [0.717, 1.165) is 30.5 Å². The molecule has 1 aromatic rings. The van der Waals surface area contributed by atoms with Crippen molar-refractivity contribution in [1.29, 1.82) is 0 Å². The molecule has 0 heterocycles. The fraction of sp³-hybridized carbons (Fsp3) is 0.533. The van der Waals surface area contributed by atoms with Crippen LogP contribution in [0.5, 0.6) is 0 Å². The summed E-state index contributed by atoms with van der Waals surface area (Å²) in [6.07, 6.45) is 4.56. The molecule has 20 heavy (non-hydrogen) atoms. The number of benzene rings is 1. The molecule has 110 valence electrons. The van der Waals surface area contributed by atoms with Crippen LogP contribution in [0, 0.1) is 5.41 Å². The van der Waals surface area contributed by atoms with E-state index in [-0.39, 0.29) is 17.9 Å². The molecular formula is C15H23N3O2. The van der Waals surface area contributed by atoms with Crippen LogP contribution in [0.1, 0.15) is 36.8 Å². The lowest BCUT2D eigenvalue weighted by Crippen LogP contribution is -2.35. The van der Waals surface area contributed by atoms with Gasteiger partial charge in [-0.15, -0.1) is 0 Å². The molecule has 0 amide bonds. The Bertz CT molecular complexity index is 468. The molecule has 1 fully saturated rings. The number of hydrogen-bond acceptors (Lipinski definition) is 4. The summed E-state index contributed by atoms with van der Waals surface area (Å²) in [4.78, 5) is 0.